The Kier molecular flexibility index (Phi) is 6.77. The number of aliphatic hydroxyl groups is 1. The van der Waals surface area contributed by atoms with Crippen LogP contribution < -0.4 is 5.73 Å². The van der Waals surface area contributed by atoms with Gasteiger partial charge in [0.1, 0.15) is 0 Å². The molecule has 1 aromatic carbocycles. The van der Waals surface area contributed by atoms with Crippen molar-refractivity contribution in [3.05, 3.63) is 38.3 Å². The van der Waals surface area contributed by atoms with Gasteiger partial charge in [-0.3, -0.25) is 10.1 Å². The Hall–Kier alpha value is -0.690. The number of nitro groups is 1. The molecular formula is C11H16BrClN2O3. The maximum Gasteiger partial charge on any atom is 0.283 e. The smallest absolute Gasteiger partial charge is 0.283 e. The van der Waals surface area contributed by atoms with Gasteiger partial charge in [0.15, 0.2) is 0 Å². The summed E-state index contributed by atoms with van der Waals surface area (Å²) in [5.74, 6) is -0.00676. The van der Waals surface area contributed by atoms with Crippen molar-refractivity contribution in [2.75, 3.05) is 0 Å². The van der Waals surface area contributed by atoms with E-state index in [0.29, 0.717) is 10.0 Å². The third kappa shape index (κ3) is 3.91. The summed E-state index contributed by atoms with van der Waals surface area (Å²) >= 11 is 3.10. The zero-order valence-corrected chi connectivity index (χ0v) is 12.4. The molecule has 0 saturated carbocycles. The van der Waals surface area contributed by atoms with Gasteiger partial charge in [0, 0.05) is 6.07 Å². The van der Waals surface area contributed by atoms with Crippen LogP contribution in [0.5, 0.6) is 0 Å². The highest BCUT2D eigenvalue weighted by Crippen LogP contribution is 2.29. The Morgan fingerprint density at radius 2 is 2.00 bits per heavy atom. The van der Waals surface area contributed by atoms with Gasteiger partial charge in [0.05, 0.1) is 21.5 Å². The van der Waals surface area contributed by atoms with E-state index in [1.165, 1.54) is 6.07 Å². The highest BCUT2D eigenvalue weighted by atomic mass is 79.9. The van der Waals surface area contributed by atoms with Gasteiger partial charge in [-0.2, -0.15) is 0 Å². The normalized spacial score (nSPS) is 13.9. The summed E-state index contributed by atoms with van der Waals surface area (Å²) in [5, 5.41) is 20.6. The van der Waals surface area contributed by atoms with E-state index in [1.807, 2.05) is 13.8 Å². The lowest BCUT2D eigenvalue weighted by molar-refractivity contribution is -0.385. The van der Waals surface area contributed by atoms with Crippen LogP contribution in [-0.4, -0.2) is 16.1 Å². The molecule has 5 nitrogen and oxygen atoms in total. The molecule has 102 valence electrons. The van der Waals surface area contributed by atoms with Gasteiger partial charge in [-0.05, 0) is 33.5 Å². The fourth-order valence-corrected chi connectivity index (χ4v) is 1.88. The van der Waals surface area contributed by atoms with Crippen molar-refractivity contribution in [2.24, 2.45) is 11.7 Å². The second-order valence-corrected chi connectivity index (χ2v) is 5.08. The fourth-order valence-electron chi connectivity index (χ4n) is 1.49. The van der Waals surface area contributed by atoms with E-state index in [0.717, 1.165) is 0 Å². The molecule has 0 bridgehead atoms. The van der Waals surface area contributed by atoms with E-state index in [-0.39, 0.29) is 24.0 Å². The summed E-state index contributed by atoms with van der Waals surface area (Å²) in [7, 11) is 0. The third-order valence-corrected chi connectivity index (χ3v) is 3.27. The summed E-state index contributed by atoms with van der Waals surface area (Å²) in [6.45, 7) is 3.69. The molecule has 1 aromatic rings. The lowest BCUT2D eigenvalue weighted by Gasteiger charge is -2.22. The predicted octanol–water partition coefficient (Wildman–Crippen LogP) is 2.80. The van der Waals surface area contributed by atoms with Gasteiger partial charge in [-0.15, -0.1) is 12.4 Å². The van der Waals surface area contributed by atoms with Crippen molar-refractivity contribution < 1.29 is 10.0 Å². The topological polar surface area (TPSA) is 89.4 Å². The molecule has 0 fully saturated rings. The van der Waals surface area contributed by atoms with Gasteiger partial charge in [-0.25, -0.2) is 0 Å². The lowest BCUT2D eigenvalue weighted by atomic mass is 9.94. The standard InChI is InChI=1S/C11H15BrN2O3.ClH/c1-6(2)11(15)10(13)7-3-4-8(12)9(5-7)14(16)17;/h3-6,10-11,15H,13H2,1-2H3;1H/t10-,11+;/m1./s1. The van der Waals surface area contributed by atoms with Crippen molar-refractivity contribution in [1.29, 1.82) is 0 Å². The molecule has 2 atom stereocenters. The molecule has 0 amide bonds. The second kappa shape index (κ2) is 7.04. The van der Waals surface area contributed by atoms with Crippen LogP contribution in [0.15, 0.2) is 22.7 Å². The SMILES string of the molecule is CC(C)[C@H](O)[C@H](N)c1ccc(Br)c([N+](=O)[O-])c1.Cl. The first kappa shape index (κ1) is 17.3. The number of rotatable bonds is 4. The minimum absolute atomic E-state index is 0. The van der Waals surface area contributed by atoms with Crippen molar-refractivity contribution in [3.63, 3.8) is 0 Å². The average molecular weight is 340 g/mol. The number of halogens is 2. The second-order valence-electron chi connectivity index (χ2n) is 4.23. The first-order valence-electron chi connectivity index (χ1n) is 5.22. The number of nitro benzene ring substituents is 1. The van der Waals surface area contributed by atoms with Gasteiger partial charge in [-0.1, -0.05) is 19.9 Å². The minimum atomic E-state index is -0.726. The molecular weight excluding hydrogens is 323 g/mol. The average Bonchev–Trinajstić information content (AvgIpc) is 2.27. The van der Waals surface area contributed by atoms with Crippen LogP contribution in [-0.2, 0) is 0 Å². The molecule has 3 N–H and O–H groups in total. The molecule has 0 heterocycles. The van der Waals surface area contributed by atoms with E-state index in [2.05, 4.69) is 15.9 Å². The third-order valence-electron chi connectivity index (χ3n) is 2.60. The monoisotopic (exact) mass is 338 g/mol. The Morgan fingerprint density at radius 3 is 2.44 bits per heavy atom. The van der Waals surface area contributed by atoms with Crippen molar-refractivity contribution in [1.82, 2.24) is 0 Å². The molecule has 7 heteroatoms. The molecule has 0 aromatic heterocycles. The zero-order valence-electron chi connectivity index (χ0n) is 10.0. The number of hydrogen-bond donors (Lipinski definition) is 2. The fraction of sp³-hybridized carbons (Fsp3) is 0.455. The zero-order chi connectivity index (χ0) is 13.2. The molecule has 1 rings (SSSR count). The van der Waals surface area contributed by atoms with E-state index in [4.69, 9.17) is 5.73 Å². The molecule has 18 heavy (non-hydrogen) atoms. The molecule has 0 saturated heterocycles. The summed E-state index contributed by atoms with van der Waals surface area (Å²) in [6.07, 6.45) is -0.726. The summed E-state index contributed by atoms with van der Waals surface area (Å²) in [5.41, 5.74) is 6.38. The van der Waals surface area contributed by atoms with Gasteiger partial charge in [0.2, 0.25) is 0 Å². The molecule has 0 unspecified atom stereocenters. The van der Waals surface area contributed by atoms with Crippen molar-refractivity contribution >= 4 is 34.0 Å². The summed E-state index contributed by atoms with van der Waals surface area (Å²) in [4.78, 5) is 10.3. The Balaban J connectivity index is 0.00000289. The van der Waals surface area contributed by atoms with E-state index in [1.54, 1.807) is 12.1 Å². The number of benzene rings is 1. The highest BCUT2D eigenvalue weighted by molar-refractivity contribution is 9.10. The quantitative estimate of drug-likeness (QED) is 0.652. The van der Waals surface area contributed by atoms with Crippen LogP contribution in [0.1, 0.15) is 25.5 Å². The highest BCUT2D eigenvalue weighted by Gasteiger charge is 2.22. The summed E-state index contributed by atoms with van der Waals surface area (Å²) in [6, 6.07) is 4.01. The Morgan fingerprint density at radius 1 is 1.44 bits per heavy atom. The summed E-state index contributed by atoms with van der Waals surface area (Å²) < 4.78 is 0.400. The van der Waals surface area contributed by atoms with Crippen LogP contribution in [0.4, 0.5) is 5.69 Å². The molecule has 0 aliphatic heterocycles. The molecule has 0 aliphatic carbocycles. The molecule has 0 aliphatic rings. The first-order valence-corrected chi connectivity index (χ1v) is 6.01. The largest absolute Gasteiger partial charge is 0.391 e. The maximum absolute atomic E-state index is 10.8. The number of nitrogens with zero attached hydrogens (tertiary/aromatic N) is 1. The van der Waals surface area contributed by atoms with Gasteiger partial charge >= 0.3 is 0 Å². The van der Waals surface area contributed by atoms with E-state index < -0.39 is 17.1 Å². The number of hydrogen-bond acceptors (Lipinski definition) is 4. The van der Waals surface area contributed by atoms with Crippen molar-refractivity contribution in [3.8, 4) is 0 Å². The van der Waals surface area contributed by atoms with Crippen LogP contribution in [0.2, 0.25) is 0 Å². The number of aliphatic hydroxyl groups excluding tert-OH is 1. The Labute approximate surface area is 120 Å². The van der Waals surface area contributed by atoms with Crippen LogP contribution >= 0.6 is 28.3 Å². The Bertz CT molecular complexity index is 429. The predicted molar refractivity (Wildman–Crippen MR) is 75.8 cm³/mol. The van der Waals surface area contributed by atoms with Crippen LogP contribution in [0.25, 0.3) is 0 Å². The van der Waals surface area contributed by atoms with Crippen LogP contribution in [0.3, 0.4) is 0 Å². The minimum Gasteiger partial charge on any atom is -0.391 e. The van der Waals surface area contributed by atoms with E-state index in [9.17, 15) is 15.2 Å². The van der Waals surface area contributed by atoms with Crippen molar-refractivity contribution in [2.45, 2.75) is 26.0 Å². The lowest BCUT2D eigenvalue weighted by Crippen LogP contribution is -2.30. The first-order chi connectivity index (χ1) is 7.84. The molecule has 0 spiro atoms. The molecule has 0 radical (unpaired) electrons. The van der Waals surface area contributed by atoms with Crippen LogP contribution in [0, 0.1) is 16.0 Å². The van der Waals surface area contributed by atoms with Gasteiger partial charge in [0.25, 0.3) is 5.69 Å². The van der Waals surface area contributed by atoms with E-state index >= 15 is 0 Å². The van der Waals surface area contributed by atoms with Gasteiger partial charge < -0.3 is 10.8 Å². The maximum atomic E-state index is 10.8. The number of nitrogens with two attached hydrogens (primary N) is 1.